The molecule has 0 atom stereocenters. The molecular weight excluding hydrogens is 169 g/mol. The quantitative estimate of drug-likeness (QED) is 0.636. The van der Waals surface area contributed by atoms with Gasteiger partial charge in [0.15, 0.2) is 0 Å². The van der Waals surface area contributed by atoms with Crippen molar-refractivity contribution < 1.29 is 17.9 Å². The standard InChI is InChI=1S/C8H12F3O/c9-8(10,11)5-4-7-3-1-2-6-12-7/h1-6H2. The van der Waals surface area contributed by atoms with Crippen molar-refractivity contribution in [3.63, 3.8) is 0 Å². The van der Waals surface area contributed by atoms with Gasteiger partial charge in [0.05, 0.1) is 6.10 Å². The normalized spacial score (nSPS) is 21.2. The first kappa shape index (κ1) is 9.84. The van der Waals surface area contributed by atoms with Gasteiger partial charge in [-0.25, -0.2) is 0 Å². The summed E-state index contributed by atoms with van der Waals surface area (Å²) >= 11 is 0. The molecule has 0 aromatic heterocycles. The van der Waals surface area contributed by atoms with Gasteiger partial charge in [0.25, 0.3) is 0 Å². The van der Waals surface area contributed by atoms with E-state index in [0.717, 1.165) is 12.8 Å². The zero-order chi connectivity index (χ0) is 9.03. The maximum absolute atomic E-state index is 11.7. The van der Waals surface area contributed by atoms with E-state index < -0.39 is 12.6 Å². The highest BCUT2D eigenvalue weighted by Gasteiger charge is 2.29. The lowest BCUT2D eigenvalue weighted by molar-refractivity contribution is -0.138. The van der Waals surface area contributed by atoms with Crippen molar-refractivity contribution in [1.29, 1.82) is 0 Å². The molecule has 1 aliphatic heterocycles. The molecule has 1 rings (SSSR count). The Morgan fingerprint density at radius 2 is 2.00 bits per heavy atom. The van der Waals surface area contributed by atoms with Crippen LogP contribution in [0.5, 0.6) is 0 Å². The van der Waals surface area contributed by atoms with Gasteiger partial charge in [-0.2, -0.15) is 13.2 Å². The molecule has 4 heteroatoms. The van der Waals surface area contributed by atoms with Crippen molar-refractivity contribution in [1.82, 2.24) is 0 Å². The Kier molecular flexibility index (Phi) is 3.38. The van der Waals surface area contributed by atoms with Crippen molar-refractivity contribution in [2.75, 3.05) is 6.61 Å². The molecule has 0 aliphatic carbocycles. The summed E-state index contributed by atoms with van der Waals surface area (Å²) in [6, 6.07) is 0. The molecule has 1 radical (unpaired) electrons. The molecule has 0 saturated carbocycles. The van der Waals surface area contributed by atoms with Crippen LogP contribution in [0.3, 0.4) is 0 Å². The maximum Gasteiger partial charge on any atom is 0.389 e. The van der Waals surface area contributed by atoms with Crippen molar-refractivity contribution in [3.05, 3.63) is 6.10 Å². The Hall–Kier alpha value is -0.250. The first-order valence-electron chi connectivity index (χ1n) is 4.12. The molecule has 1 heterocycles. The van der Waals surface area contributed by atoms with Crippen LogP contribution in [0.25, 0.3) is 0 Å². The van der Waals surface area contributed by atoms with E-state index >= 15 is 0 Å². The number of hydrogen-bond donors (Lipinski definition) is 0. The third-order valence-electron chi connectivity index (χ3n) is 1.84. The highest BCUT2D eigenvalue weighted by molar-refractivity contribution is 4.82. The van der Waals surface area contributed by atoms with Gasteiger partial charge in [0.1, 0.15) is 0 Å². The Balaban J connectivity index is 2.13. The summed E-state index contributed by atoms with van der Waals surface area (Å²) in [6.07, 6.45) is -1.49. The summed E-state index contributed by atoms with van der Waals surface area (Å²) in [5.41, 5.74) is 0. The molecule has 0 spiro atoms. The molecule has 0 amide bonds. The molecule has 1 nitrogen and oxygen atoms in total. The number of alkyl halides is 3. The lowest BCUT2D eigenvalue weighted by Gasteiger charge is -2.21. The van der Waals surface area contributed by atoms with Gasteiger partial charge >= 0.3 is 6.18 Å². The fourth-order valence-corrected chi connectivity index (χ4v) is 1.19. The minimum atomic E-state index is -4.05. The second-order valence-electron chi connectivity index (χ2n) is 2.96. The van der Waals surface area contributed by atoms with Gasteiger partial charge in [-0.1, -0.05) is 0 Å². The van der Waals surface area contributed by atoms with Crippen LogP contribution in [0.2, 0.25) is 0 Å². The molecule has 0 bridgehead atoms. The molecule has 71 valence electrons. The van der Waals surface area contributed by atoms with E-state index in [2.05, 4.69) is 0 Å². The first-order chi connectivity index (χ1) is 5.58. The molecular formula is C8H12F3O. The lowest BCUT2D eigenvalue weighted by atomic mass is 10.0. The fourth-order valence-electron chi connectivity index (χ4n) is 1.19. The average Bonchev–Trinajstić information content (AvgIpc) is 2.02. The topological polar surface area (TPSA) is 9.23 Å². The van der Waals surface area contributed by atoms with E-state index in [9.17, 15) is 13.2 Å². The second-order valence-corrected chi connectivity index (χ2v) is 2.96. The van der Waals surface area contributed by atoms with Gasteiger partial charge in [0, 0.05) is 13.0 Å². The van der Waals surface area contributed by atoms with Gasteiger partial charge in [-0.15, -0.1) is 0 Å². The van der Waals surface area contributed by atoms with E-state index in [-0.39, 0.29) is 6.42 Å². The van der Waals surface area contributed by atoms with Crippen molar-refractivity contribution in [2.24, 2.45) is 0 Å². The van der Waals surface area contributed by atoms with Crippen LogP contribution < -0.4 is 0 Å². The molecule has 0 aromatic rings. The van der Waals surface area contributed by atoms with Crippen LogP contribution in [-0.2, 0) is 4.74 Å². The summed E-state index contributed by atoms with van der Waals surface area (Å²) in [7, 11) is 0. The smallest absolute Gasteiger partial charge is 0.372 e. The van der Waals surface area contributed by atoms with Crippen LogP contribution in [0, 0.1) is 6.10 Å². The Morgan fingerprint density at radius 1 is 1.25 bits per heavy atom. The van der Waals surface area contributed by atoms with E-state index in [1.165, 1.54) is 0 Å². The highest BCUT2D eigenvalue weighted by atomic mass is 19.4. The minimum absolute atomic E-state index is 0.0451. The molecule has 1 saturated heterocycles. The first-order valence-corrected chi connectivity index (χ1v) is 4.12. The summed E-state index contributed by atoms with van der Waals surface area (Å²) in [5, 5.41) is 0. The van der Waals surface area contributed by atoms with Crippen LogP contribution in [0.15, 0.2) is 0 Å². The van der Waals surface area contributed by atoms with Crippen LogP contribution in [-0.4, -0.2) is 12.8 Å². The average molecular weight is 181 g/mol. The Labute approximate surface area is 69.9 Å². The number of halogens is 3. The van der Waals surface area contributed by atoms with E-state index in [0.29, 0.717) is 19.1 Å². The van der Waals surface area contributed by atoms with E-state index in [1.807, 2.05) is 0 Å². The largest absolute Gasteiger partial charge is 0.389 e. The second kappa shape index (κ2) is 4.12. The third-order valence-corrected chi connectivity index (χ3v) is 1.84. The molecule has 0 N–H and O–H groups in total. The van der Waals surface area contributed by atoms with Crippen molar-refractivity contribution >= 4 is 0 Å². The molecule has 0 unspecified atom stereocenters. The van der Waals surface area contributed by atoms with Crippen LogP contribution in [0.1, 0.15) is 32.1 Å². The molecule has 1 fully saturated rings. The van der Waals surface area contributed by atoms with Gasteiger partial charge in [0.2, 0.25) is 0 Å². The van der Waals surface area contributed by atoms with E-state index in [1.54, 1.807) is 0 Å². The van der Waals surface area contributed by atoms with Gasteiger partial charge in [-0.3, -0.25) is 0 Å². The van der Waals surface area contributed by atoms with Gasteiger partial charge in [-0.05, 0) is 25.7 Å². The number of rotatable bonds is 2. The molecule has 1 aliphatic rings. The van der Waals surface area contributed by atoms with Crippen molar-refractivity contribution in [3.8, 4) is 0 Å². The summed E-state index contributed by atoms with van der Waals surface area (Å²) < 4.78 is 40.3. The molecule has 12 heavy (non-hydrogen) atoms. The summed E-state index contributed by atoms with van der Waals surface area (Å²) in [4.78, 5) is 0. The maximum atomic E-state index is 11.7. The SMILES string of the molecule is FC(F)(F)CC[C]1CCCCO1. The van der Waals surface area contributed by atoms with Crippen molar-refractivity contribution in [2.45, 2.75) is 38.3 Å². The predicted molar refractivity (Wildman–Crippen MR) is 38.3 cm³/mol. The zero-order valence-electron chi connectivity index (χ0n) is 6.78. The summed E-state index contributed by atoms with van der Waals surface area (Å²) in [5.74, 6) is 0. The Morgan fingerprint density at radius 3 is 2.50 bits per heavy atom. The third kappa shape index (κ3) is 3.95. The van der Waals surface area contributed by atoms with Gasteiger partial charge < -0.3 is 4.74 Å². The van der Waals surface area contributed by atoms with Crippen LogP contribution >= 0.6 is 0 Å². The highest BCUT2D eigenvalue weighted by Crippen LogP contribution is 2.29. The zero-order valence-corrected chi connectivity index (χ0v) is 6.78. The molecule has 0 aromatic carbocycles. The van der Waals surface area contributed by atoms with E-state index in [4.69, 9.17) is 4.74 Å². The fraction of sp³-hybridized carbons (Fsp3) is 0.875. The minimum Gasteiger partial charge on any atom is -0.372 e. The predicted octanol–water partition coefficient (Wildman–Crippen LogP) is 3.06. The van der Waals surface area contributed by atoms with Crippen LogP contribution in [0.4, 0.5) is 13.2 Å². The summed E-state index contributed by atoms with van der Waals surface area (Å²) in [6.45, 7) is 0.590. The number of ether oxygens (including phenoxy) is 1. The monoisotopic (exact) mass is 181 g/mol. The number of hydrogen-bond acceptors (Lipinski definition) is 1. The Bertz CT molecular complexity index is 127. The lowest BCUT2D eigenvalue weighted by Crippen LogP contribution is -2.15.